The van der Waals surface area contributed by atoms with Crippen molar-refractivity contribution in [2.24, 2.45) is 0 Å². The molecule has 4 nitrogen and oxygen atoms in total. The molecule has 0 aromatic rings. The van der Waals surface area contributed by atoms with Crippen LogP contribution in [0.25, 0.3) is 0 Å². The number of halogens is 1. The summed E-state index contributed by atoms with van der Waals surface area (Å²) in [6, 6.07) is 0. The highest BCUT2D eigenvalue weighted by Crippen LogP contribution is 2.57. The summed E-state index contributed by atoms with van der Waals surface area (Å²) in [5, 5.41) is 0. The van der Waals surface area contributed by atoms with Crippen LogP contribution in [0, 0.1) is 0 Å². The summed E-state index contributed by atoms with van der Waals surface area (Å²) in [7, 11) is -3.78. The molecule has 0 heterocycles. The molecule has 0 unspecified atom stereocenters. The van der Waals surface area contributed by atoms with E-state index < -0.39 is 13.2 Å². The summed E-state index contributed by atoms with van der Waals surface area (Å²) in [4.78, 5) is 1.78. The Morgan fingerprint density at radius 3 is 1.82 bits per heavy atom. The molecule has 0 N–H and O–H groups in total. The summed E-state index contributed by atoms with van der Waals surface area (Å²) in [5.41, 5.74) is -0.467. The second kappa shape index (κ2) is 7.85. The van der Waals surface area contributed by atoms with Crippen LogP contribution < -0.4 is 0 Å². The number of hydrogen-bond acceptors (Lipinski definition) is 4. The highest BCUT2D eigenvalue weighted by molar-refractivity contribution is 7.58. The fourth-order valence-corrected chi connectivity index (χ4v) is 3.04. The van der Waals surface area contributed by atoms with E-state index in [0.29, 0.717) is 18.8 Å². The zero-order chi connectivity index (χ0) is 13.5. The Morgan fingerprint density at radius 1 is 1.12 bits per heavy atom. The Labute approximate surface area is 103 Å². The first kappa shape index (κ1) is 16.6. The van der Waals surface area contributed by atoms with Crippen LogP contribution in [0.1, 0.15) is 34.6 Å². The van der Waals surface area contributed by atoms with Gasteiger partial charge in [0.05, 0.1) is 18.9 Å². The van der Waals surface area contributed by atoms with E-state index in [1.807, 2.05) is 13.8 Å². The Bertz CT molecular complexity index is 293. The molecule has 0 rings (SSSR count). The molecule has 0 saturated heterocycles. The van der Waals surface area contributed by atoms with Crippen LogP contribution in [0.15, 0.2) is 11.3 Å². The van der Waals surface area contributed by atoms with Crippen molar-refractivity contribution in [3.05, 3.63) is 11.3 Å². The van der Waals surface area contributed by atoms with Crippen LogP contribution in [0.4, 0.5) is 4.39 Å². The van der Waals surface area contributed by atoms with Gasteiger partial charge in [0.25, 0.3) is 0 Å². The largest absolute Gasteiger partial charge is 0.391 e. The molecule has 6 heteroatoms. The van der Waals surface area contributed by atoms with Gasteiger partial charge in [-0.05, 0) is 34.6 Å². The smallest absolute Gasteiger partial charge is 0.373 e. The Hall–Kier alpha value is -0.380. The molecule has 0 bridgehead atoms. The van der Waals surface area contributed by atoms with Crippen molar-refractivity contribution in [3.63, 3.8) is 0 Å². The molecule has 102 valence electrons. The third-order valence-corrected chi connectivity index (χ3v) is 4.38. The molecule has 0 aliphatic heterocycles. The molecule has 0 spiro atoms. The van der Waals surface area contributed by atoms with Crippen molar-refractivity contribution in [3.8, 4) is 0 Å². The second-order valence-electron chi connectivity index (χ2n) is 3.38. The van der Waals surface area contributed by atoms with Gasteiger partial charge in [-0.2, -0.15) is 4.39 Å². The minimum Gasteiger partial charge on any atom is -0.373 e. The highest BCUT2D eigenvalue weighted by Gasteiger charge is 2.33. The first-order valence-electron chi connectivity index (χ1n) is 5.97. The standard InChI is InChI=1S/C11H23FNO3P/c1-6-13(7-2)10(5)11(12)17(14,15-8-3)16-9-4/h6-9H2,1-5H3/b11-10-. The molecule has 0 radical (unpaired) electrons. The highest BCUT2D eigenvalue weighted by atomic mass is 31.2. The minimum absolute atomic E-state index is 0.149. The van der Waals surface area contributed by atoms with Gasteiger partial charge in [0.1, 0.15) is 0 Å². The van der Waals surface area contributed by atoms with Gasteiger partial charge in [0, 0.05) is 13.1 Å². The molecule has 0 aliphatic rings. The molecular formula is C11H23FNO3P. The maximum absolute atomic E-state index is 14.2. The van der Waals surface area contributed by atoms with E-state index >= 15 is 0 Å². The van der Waals surface area contributed by atoms with Gasteiger partial charge in [-0.1, -0.05) is 0 Å². The third-order valence-electron chi connectivity index (χ3n) is 2.37. The predicted octanol–water partition coefficient (Wildman–Crippen LogP) is 3.75. The molecule has 0 aromatic carbocycles. The topological polar surface area (TPSA) is 38.8 Å². The second-order valence-corrected chi connectivity index (χ2v) is 5.29. The van der Waals surface area contributed by atoms with Crippen molar-refractivity contribution in [2.75, 3.05) is 26.3 Å². The summed E-state index contributed by atoms with van der Waals surface area (Å²) >= 11 is 0. The fraction of sp³-hybridized carbons (Fsp3) is 0.818. The van der Waals surface area contributed by atoms with E-state index in [4.69, 9.17) is 9.05 Å². The number of rotatable bonds is 8. The van der Waals surface area contributed by atoms with Gasteiger partial charge in [0.15, 0.2) is 0 Å². The number of hydrogen-bond donors (Lipinski definition) is 0. The van der Waals surface area contributed by atoms with Gasteiger partial charge in [-0.25, -0.2) is 0 Å². The van der Waals surface area contributed by atoms with E-state index in [1.54, 1.807) is 25.7 Å². The molecule has 17 heavy (non-hydrogen) atoms. The lowest BCUT2D eigenvalue weighted by Gasteiger charge is -2.24. The van der Waals surface area contributed by atoms with Crippen LogP contribution in [-0.4, -0.2) is 31.2 Å². The van der Waals surface area contributed by atoms with Crippen LogP contribution in [-0.2, 0) is 13.6 Å². The van der Waals surface area contributed by atoms with Crippen molar-refractivity contribution in [1.82, 2.24) is 4.90 Å². The molecule has 0 aliphatic carbocycles. The van der Waals surface area contributed by atoms with Gasteiger partial charge in [-0.15, -0.1) is 0 Å². The number of nitrogens with zero attached hydrogens (tertiary/aromatic N) is 1. The molecule has 0 amide bonds. The van der Waals surface area contributed by atoms with Crippen LogP contribution >= 0.6 is 7.60 Å². The van der Waals surface area contributed by atoms with Crippen LogP contribution in [0.2, 0.25) is 0 Å². The average molecular weight is 267 g/mol. The first-order chi connectivity index (χ1) is 7.96. The monoisotopic (exact) mass is 267 g/mol. The predicted molar refractivity (Wildman–Crippen MR) is 67.6 cm³/mol. The SMILES string of the molecule is CCOP(=O)(OCC)/C(F)=C(/C)N(CC)CC. The summed E-state index contributed by atoms with van der Waals surface area (Å²) < 4.78 is 36.3. The van der Waals surface area contributed by atoms with Crippen LogP contribution in [0.5, 0.6) is 0 Å². The maximum atomic E-state index is 14.2. The zero-order valence-corrected chi connectivity index (χ0v) is 12.2. The normalized spacial score (nSPS) is 13.5. The first-order valence-corrected chi connectivity index (χ1v) is 7.51. The van der Waals surface area contributed by atoms with Gasteiger partial charge >= 0.3 is 7.60 Å². The summed E-state index contributed by atoms with van der Waals surface area (Å²) in [6.45, 7) is 10.3. The van der Waals surface area contributed by atoms with Crippen molar-refractivity contribution < 1.29 is 18.0 Å². The Balaban J connectivity index is 5.23. The molecule has 0 saturated carbocycles. The molecule has 0 atom stereocenters. The van der Waals surface area contributed by atoms with Crippen LogP contribution in [0.3, 0.4) is 0 Å². The van der Waals surface area contributed by atoms with Gasteiger partial charge in [0.2, 0.25) is 5.57 Å². The molecule has 0 aromatic heterocycles. The quantitative estimate of drug-likeness (QED) is 0.628. The van der Waals surface area contributed by atoms with Crippen molar-refractivity contribution in [1.29, 1.82) is 0 Å². The lowest BCUT2D eigenvalue weighted by molar-refractivity contribution is 0.217. The average Bonchev–Trinajstić information content (AvgIpc) is 2.30. The lowest BCUT2D eigenvalue weighted by Crippen LogP contribution is -2.21. The van der Waals surface area contributed by atoms with E-state index in [2.05, 4.69) is 0 Å². The molecule has 0 fully saturated rings. The van der Waals surface area contributed by atoms with Crippen molar-refractivity contribution in [2.45, 2.75) is 34.6 Å². The summed E-state index contributed by atoms with van der Waals surface area (Å²) in [6.07, 6.45) is 0. The Morgan fingerprint density at radius 2 is 1.53 bits per heavy atom. The fourth-order valence-electron chi connectivity index (χ4n) is 1.52. The van der Waals surface area contributed by atoms with E-state index in [-0.39, 0.29) is 13.2 Å². The molecular weight excluding hydrogens is 244 g/mol. The third kappa shape index (κ3) is 4.41. The minimum atomic E-state index is -3.78. The van der Waals surface area contributed by atoms with E-state index in [9.17, 15) is 8.96 Å². The zero-order valence-electron chi connectivity index (χ0n) is 11.3. The van der Waals surface area contributed by atoms with E-state index in [0.717, 1.165) is 0 Å². The number of allylic oxidation sites excluding steroid dienone is 1. The van der Waals surface area contributed by atoms with E-state index in [1.165, 1.54) is 0 Å². The van der Waals surface area contributed by atoms with Crippen molar-refractivity contribution >= 4 is 7.60 Å². The maximum Gasteiger partial charge on any atom is 0.391 e. The Kier molecular flexibility index (Phi) is 7.68. The van der Waals surface area contributed by atoms with Gasteiger partial charge < -0.3 is 13.9 Å². The van der Waals surface area contributed by atoms with Gasteiger partial charge in [-0.3, -0.25) is 4.57 Å². The summed E-state index contributed by atoms with van der Waals surface area (Å²) in [5.74, 6) is 0. The lowest BCUT2D eigenvalue weighted by atomic mass is 10.4.